The van der Waals surface area contributed by atoms with E-state index in [-0.39, 0.29) is 17.6 Å². The van der Waals surface area contributed by atoms with Gasteiger partial charge < -0.3 is 10.6 Å². The molecule has 0 spiro atoms. The Bertz CT molecular complexity index is 752. The summed E-state index contributed by atoms with van der Waals surface area (Å²) in [7, 11) is 0. The Hall–Kier alpha value is -2.28. The molecule has 0 radical (unpaired) electrons. The van der Waals surface area contributed by atoms with Gasteiger partial charge in [0.25, 0.3) is 0 Å². The molecule has 140 valence electrons. The predicted octanol–water partition coefficient (Wildman–Crippen LogP) is 2.61. The van der Waals surface area contributed by atoms with Crippen LogP contribution in [-0.4, -0.2) is 39.7 Å². The fourth-order valence-electron chi connectivity index (χ4n) is 2.56. The van der Waals surface area contributed by atoms with Gasteiger partial charge in [0.15, 0.2) is 5.16 Å². The number of rotatable bonds is 8. The van der Waals surface area contributed by atoms with Gasteiger partial charge in [-0.2, -0.15) is 0 Å². The minimum absolute atomic E-state index is 0.165. The van der Waals surface area contributed by atoms with Crippen LogP contribution in [0.1, 0.15) is 31.4 Å². The quantitative estimate of drug-likeness (QED) is 0.697. The molecular formula is C19H26N4O2S. The molecule has 0 aliphatic rings. The smallest absolute Gasteiger partial charge is 0.242 e. The van der Waals surface area contributed by atoms with E-state index in [9.17, 15) is 9.59 Å². The molecule has 7 heteroatoms. The fourth-order valence-corrected chi connectivity index (χ4v) is 3.35. The van der Waals surface area contributed by atoms with Crippen molar-refractivity contribution in [1.29, 1.82) is 0 Å². The number of aryl methyl sites for hydroxylation is 2. The number of hydrogen-bond donors (Lipinski definition) is 2. The van der Waals surface area contributed by atoms with E-state index >= 15 is 0 Å². The van der Waals surface area contributed by atoms with Crippen LogP contribution in [0.3, 0.4) is 0 Å². The van der Waals surface area contributed by atoms with Crippen LogP contribution < -0.4 is 10.6 Å². The molecule has 2 aromatic rings. The van der Waals surface area contributed by atoms with Crippen molar-refractivity contribution in [2.24, 2.45) is 0 Å². The summed E-state index contributed by atoms with van der Waals surface area (Å²) in [6.07, 6.45) is 4.47. The summed E-state index contributed by atoms with van der Waals surface area (Å²) in [5.74, 6) is -0.154. The van der Waals surface area contributed by atoms with E-state index in [1.54, 1.807) is 13.1 Å². The number of nitrogens with zero attached hydrogens (tertiary/aromatic N) is 2. The van der Waals surface area contributed by atoms with Crippen LogP contribution in [0.4, 0.5) is 0 Å². The zero-order chi connectivity index (χ0) is 19.1. The van der Waals surface area contributed by atoms with Gasteiger partial charge >= 0.3 is 0 Å². The third-order valence-electron chi connectivity index (χ3n) is 3.74. The van der Waals surface area contributed by atoms with Gasteiger partial charge in [-0.15, -0.1) is 0 Å². The first-order valence-corrected chi connectivity index (χ1v) is 9.71. The minimum Gasteiger partial charge on any atom is -0.354 e. The van der Waals surface area contributed by atoms with Crippen molar-refractivity contribution in [3.8, 4) is 5.69 Å². The van der Waals surface area contributed by atoms with Crippen molar-refractivity contribution < 1.29 is 9.59 Å². The summed E-state index contributed by atoms with van der Waals surface area (Å²) in [6.45, 7) is 8.39. The number of carbonyl (C=O) groups is 2. The first-order chi connectivity index (χ1) is 12.4. The number of carbonyl (C=O) groups excluding carboxylic acids is 2. The number of hydrogen-bond acceptors (Lipinski definition) is 4. The maximum Gasteiger partial charge on any atom is 0.242 e. The van der Waals surface area contributed by atoms with Gasteiger partial charge in [0.05, 0.1) is 5.75 Å². The van der Waals surface area contributed by atoms with E-state index in [0.29, 0.717) is 6.54 Å². The zero-order valence-corrected chi connectivity index (χ0v) is 16.5. The largest absolute Gasteiger partial charge is 0.354 e. The van der Waals surface area contributed by atoms with E-state index in [0.717, 1.165) is 17.3 Å². The highest BCUT2D eigenvalue weighted by Crippen LogP contribution is 2.22. The van der Waals surface area contributed by atoms with Crippen LogP contribution in [0.25, 0.3) is 5.69 Å². The highest BCUT2D eigenvalue weighted by atomic mass is 32.2. The molecule has 1 atom stereocenters. The molecule has 1 aromatic heterocycles. The maximum absolute atomic E-state index is 12.1. The van der Waals surface area contributed by atoms with Gasteiger partial charge in [0, 0.05) is 24.6 Å². The minimum atomic E-state index is -0.547. The van der Waals surface area contributed by atoms with Crippen molar-refractivity contribution in [2.75, 3.05) is 12.3 Å². The molecule has 1 aromatic carbocycles. The topological polar surface area (TPSA) is 76.0 Å². The van der Waals surface area contributed by atoms with Crippen molar-refractivity contribution in [1.82, 2.24) is 20.2 Å². The van der Waals surface area contributed by atoms with Gasteiger partial charge in [-0.25, -0.2) is 4.98 Å². The molecule has 0 fully saturated rings. The SMILES string of the molecule is CCCNC(=O)[C@@H](C)NC(=O)CSc1nccn1-c1cc(C)cc(C)c1. The predicted molar refractivity (Wildman–Crippen MR) is 105 cm³/mol. The Kier molecular flexibility index (Phi) is 7.26. The van der Waals surface area contributed by atoms with Gasteiger partial charge in [-0.3, -0.25) is 14.2 Å². The van der Waals surface area contributed by atoms with Crippen LogP contribution in [0.5, 0.6) is 0 Å². The Morgan fingerprint density at radius 2 is 1.92 bits per heavy atom. The third kappa shape index (κ3) is 5.62. The number of benzene rings is 1. The molecule has 0 aliphatic carbocycles. The molecule has 2 amide bonds. The van der Waals surface area contributed by atoms with Crippen molar-refractivity contribution in [3.05, 3.63) is 41.7 Å². The first-order valence-electron chi connectivity index (χ1n) is 8.72. The van der Waals surface area contributed by atoms with Crippen molar-refractivity contribution >= 4 is 23.6 Å². The summed E-state index contributed by atoms with van der Waals surface area (Å²) in [5.41, 5.74) is 3.37. The van der Waals surface area contributed by atoms with Crippen LogP contribution in [0.2, 0.25) is 0 Å². The highest BCUT2D eigenvalue weighted by molar-refractivity contribution is 7.99. The lowest BCUT2D eigenvalue weighted by atomic mass is 10.1. The maximum atomic E-state index is 12.1. The third-order valence-corrected chi connectivity index (χ3v) is 4.71. The lowest BCUT2D eigenvalue weighted by molar-refractivity contribution is -0.127. The molecule has 1 heterocycles. The summed E-state index contributed by atoms with van der Waals surface area (Å²) in [4.78, 5) is 28.3. The van der Waals surface area contributed by atoms with Gasteiger partial charge in [0.1, 0.15) is 6.04 Å². The molecule has 2 N–H and O–H groups in total. The standard InChI is InChI=1S/C19H26N4O2S/c1-5-6-20-18(25)15(4)22-17(24)12-26-19-21-7-8-23(19)16-10-13(2)9-14(3)11-16/h7-11,15H,5-6,12H2,1-4H3,(H,20,25)(H,22,24)/t15-/m1/s1. The number of imidazole rings is 1. The normalized spacial score (nSPS) is 11.8. The number of amides is 2. The van der Waals surface area contributed by atoms with Crippen LogP contribution in [0.15, 0.2) is 35.7 Å². The molecule has 0 aliphatic heterocycles. The molecule has 26 heavy (non-hydrogen) atoms. The van der Waals surface area contributed by atoms with E-state index < -0.39 is 6.04 Å². The molecule has 2 rings (SSSR count). The second kappa shape index (κ2) is 9.43. The van der Waals surface area contributed by atoms with Crippen molar-refractivity contribution in [3.63, 3.8) is 0 Å². The second-order valence-electron chi connectivity index (χ2n) is 6.29. The van der Waals surface area contributed by atoms with E-state index in [1.165, 1.54) is 22.9 Å². The summed E-state index contributed by atoms with van der Waals surface area (Å²) in [6, 6.07) is 5.73. The van der Waals surface area contributed by atoms with Crippen molar-refractivity contribution in [2.45, 2.75) is 45.3 Å². The number of aromatic nitrogens is 2. The first kappa shape index (κ1) is 20.0. The molecule has 6 nitrogen and oxygen atoms in total. The monoisotopic (exact) mass is 374 g/mol. The Labute approximate surface area is 158 Å². The molecular weight excluding hydrogens is 348 g/mol. The Morgan fingerprint density at radius 1 is 1.23 bits per heavy atom. The lowest BCUT2D eigenvalue weighted by Crippen LogP contribution is -2.45. The fraction of sp³-hybridized carbons (Fsp3) is 0.421. The zero-order valence-electron chi connectivity index (χ0n) is 15.7. The van der Waals surface area contributed by atoms with E-state index in [2.05, 4.69) is 47.7 Å². The van der Waals surface area contributed by atoms with Crippen LogP contribution >= 0.6 is 11.8 Å². The van der Waals surface area contributed by atoms with E-state index in [4.69, 9.17) is 0 Å². The molecule has 0 saturated heterocycles. The van der Waals surface area contributed by atoms with Crippen LogP contribution in [-0.2, 0) is 9.59 Å². The Balaban J connectivity index is 1.95. The summed E-state index contributed by atoms with van der Waals surface area (Å²) in [5, 5.41) is 6.23. The molecule has 0 unspecified atom stereocenters. The number of nitrogens with one attached hydrogen (secondary N) is 2. The molecule has 0 saturated carbocycles. The lowest BCUT2D eigenvalue weighted by Gasteiger charge is -2.14. The average molecular weight is 375 g/mol. The van der Waals surface area contributed by atoms with E-state index in [1.807, 2.05) is 17.7 Å². The summed E-state index contributed by atoms with van der Waals surface area (Å²) >= 11 is 1.35. The number of thioether (sulfide) groups is 1. The highest BCUT2D eigenvalue weighted by Gasteiger charge is 2.16. The molecule has 0 bridgehead atoms. The van der Waals surface area contributed by atoms with Gasteiger partial charge in [0.2, 0.25) is 11.8 Å². The average Bonchev–Trinajstić information content (AvgIpc) is 3.05. The van der Waals surface area contributed by atoms with Gasteiger partial charge in [-0.1, -0.05) is 24.8 Å². The summed E-state index contributed by atoms with van der Waals surface area (Å²) < 4.78 is 1.97. The second-order valence-corrected chi connectivity index (χ2v) is 7.24. The van der Waals surface area contributed by atoms with Crippen LogP contribution in [0, 0.1) is 13.8 Å². The Morgan fingerprint density at radius 3 is 2.58 bits per heavy atom. The van der Waals surface area contributed by atoms with Gasteiger partial charge in [-0.05, 0) is 50.5 Å².